The Balaban J connectivity index is 3.53. The van der Waals surface area contributed by atoms with E-state index in [0.717, 1.165) is 0 Å². The van der Waals surface area contributed by atoms with E-state index in [2.05, 4.69) is 9.26 Å². The van der Waals surface area contributed by atoms with Gasteiger partial charge in [0.15, 0.2) is 6.23 Å². The van der Waals surface area contributed by atoms with E-state index in [9.17, 15) is 9.36 Å². The fraction of sp³-hybridized carbons (Fsp3) is 0.667. The van der Waals surface area contributed by atoms with E-state index in [-0.39, 0.29) is 6.47 Å². The average Bonchev–Trinajstić information content (AvgIpc) is 1.83. The second kappa shape index (κ2) is 4.42. The monoisotopic (exact) mass is 185 g/mol. The van der Waals surface area contributed by atoms with E-state index in [1.165, 1.54) is 0 Å². The van der Waals surface area contributed by atoms with Crippen molar-refractivity contribution in [3.8, 4) is 0 Å². The molecule has 0 aliphatic heterocycles. The van der Waals surface area contributed by atoms with Crippen LogP contribution in [0.5, 0.6) is 0 Å². The van der Waals surface area contributed by atoms with E-state index in [4.69, 9.17) is 15.5 Å². The predicted molar refractivity (Wildman–Crippen MR) is 33.1 cm³/mol. The SMILES string of the molecule is NC(COP(=O)(O)O)OC=O. The van der Waals surface area contributed by atoms with Crippen molar-refractivity contribution >= 4 is 14.3 Å². The molecule has 0 radical (unpaired) electrons. The van der Waals surface area contributed by atoms with E-state index in [0.29, 0.717) is 0 Å². The van der Waals surface area contributed by atoms with E-state index in [1.54, 1.807) is 0 Å². The molecule has 0 aromatic rings. The van der Waals surface area contributed by atoms with Gasteiger partial charge in [0.2, 0.25) is 0 Å². The van der Waals surface area contributed by atoms with Crippen LogP contribution in [-0.4, -0.2) is 29.1 Å². The molecule has 8 heteroatoms. The van der Waals surface area contributed by atoms with Crippen molar-refractivity contribution in [1.82, 2.24) is 0 Å². The molecular weight excluding hydrogens is 177 g/mol. The maximum absolute atomic E-state index is 10.0. The van der Waals surface area contributed by atoms with Gasteiger partial charge in [-0.05, 0) is 0 Å². The van der Waals surface area contributed by atoms with Crippen LogP contribution in [0, 0.1) is 0 Å². The number of carbonyl (C=O) groups excluding carboxylic acids is 1. The standard InChI is InChI=1S/C3H8NO6P/c4-3(9-2-5)1-10-11(6,7)8/h2-3H,1,4H2,(H2,6,7,8). The summed E-state index contributed by atoms with van der Waals surface area (Å²) in [5.41, 5.74) is 4.97. The van der Waals surface area contributed by atoms with Crippen LogP contribution >= 0.6 is 7.82 Å². The van der Waals surface area contributed by atoms with Gasteiger partial charge >= 0.3 is 7.82 Å². The summed E-state index contributed by atoms with van der Waals surface area (Å²) < 4.78 is 18.0. The molecule has 1 unspecified atom stereocenters. The minimum atomic E-state index is -4.52. The fourth-order valence-corrected chi connectivity index (χ4v) is 0.622. The molecule has 7 nitrogen and oxygen atoms in total. The van der Waals surface area contributed by atoms with Gasteiger partial charge in [0.05, 0.1) is 0 Å². The minimum Gasteiger partial charge on any atom is -0.446 e. The number of phosphoric acid groups is 1. The number of hydrogen-bond donors (Lipinski definition) is 3. The van der Waals surface area contributed by atoms with Crippen LogP contribution in [0.1, 0.15) is 0 Å². The summed E-state index contributed by atoms with van der Waals surface area (Å²) >= 11 is 0. The zero-order chi connectivity index (χ0) is 8.91. The number of hydrogen-bond acceptors (Lipinski definition) is 5. The third-order valence-electron chi connectivity index (χ3n) is 0.637. The van der Waals surface area contributed by atoms with Crippen molar-refractivity contribution in [2.45, 2.75) is 6.23 Å². The summed E-state index contributed by atoms with van der Waals surface area (Å²) in [7, 11) is -4.52. The third kappa shape index (κ3) is 7.44. The summed E-state index contributed by atoms with van der Waals surface area (Å²) in [6.07, 6.45) is -1.15. The van der Waals surface area contributed by atoms with Crippen molar-refractivity contribution in [2.75, 3.05) is 6.61 Å². The molecule has 0 aromatic heterocycles. The van der Waals surface area contributed by atoms with Gasteiger partial charge in [0, 0.05) is 0 Å². The van der Waals surface area contributed by atoms with Crippen molar-refractivity contribution in [1.29, 1.82) is 0 Å². The number of phosphoric ester groups is 1. The molecule has 0 bridgehead atoms. The average molecular weight is 185 g/mol. The molecule has 4 N–H and O–H groups in total. The van der Waals surface area contributed by atoms with E-state index < -0.39 is 20.7 Å². The molecule has 0 saturated heterocycles. The predicted octanol–water partition coefficient (Wildman–Crippen LogP) is -1.45. The quantitative estimate of drug-likeness (QED) is 0.272. The molecule has 0 fully saturated rings. The largest absolute Gasteiger partial charge is 0.469 e. The smallest absolute Gasteiger partial charge is 0.446 e. The van der Waals surface area contributed by atoms with Crippen molar-refractivity contribution in [3.63, 3.8) is 0 Å². The highest BCUT2D eigenvalue weighted by atomic mass is 31.2. The van der Waals surface area contributed by atoms with Gasteiger partial charge < -0.3 is 14.5 Å². The number of carbonyl (C=O) groups is 1. The normalized spacial score (nSPS) is 14.1. The van der Waals surface area contributed by atoms with Crippen LogP contribution in [0.25, 0.3) is 0 Å². The molecule has 0 rings (SSSR count). The Hall–Kier alpha value is -0.460. The Labute approximate surface area is 62.3 Å². The van der Waals surface area contributed by atoms with Gasteiger partial charge in [-0.3, -0.25) is 15.1 Å². The van der Waals surface area contributed by atoms with E-state index in [1.807, 2.05) is 0 Å². The Kier molecular flexibility index (Phi) is 4.24. The summed E-state index contributed by atoms with van der Waals surface area (Å²) in [5.74, 6) is 0. The Morgan fingerprint density at radius 1 is 1.64 bits per heavy atom. The van der Waals surface area contributed by atoms with Gasteiger partial charge in [0.25, 0.3) is 6.47 Å². The van der Waals surface area contributed by atoms with Gasteiger partial charge in [-0.2, -0.15) is 0 Å². The van der Waals surface area contributed by atoms with Gasteiger partial charge in [0.1, 0.15) is 6.61 Å². The lowest BCUT2D eigenvalue weighted by Crippen LogP contribution is -2.28. The van der Waals surface area contributed by atoms with Crippen LogP contribution < -0.4 is 5.73 Å². The molecule has 0 heterocycles. The van der Waals surface area contributed by atoms with Crippen molar-refractivity contribution < 1.29 is 28.4 Å². The Bertz CT molecular complexity index is 165. The fourth-order valence-electron chi connectivity index (χ4n) is 0.281. The maximum Gasteiger partial charge on any atom is 0.469 e. The lowest BCUT2D eigenvalue weighted by Gasteiger charge is -2.09. The molecule has 0 saturated carbocycles. The number of rotatable bonds is 5. The van der Waals surface area contributed by atoms with Crippen LogP contribution in [0.2, 0.25) is 0 Å². The highest BCUT2D eigenvalue weighted by molar-refractivity contribution is 7.46. The number of nitrogens with two attached hydrogens (primary N) is 1. The highest BCUT2D eigenvalue weighted by Crippen LogP contribution is 2.35. The third-order valence-corrected chi connectivity index (χ3v) is 1.12. The summed E-state index contributed by atoms with van der Waals surface area (Å²) in [5, 5.41) is 0. The first-order chi connectivity index (χ1) is 4.95. The zero-order valence-electron chi connectivity index (χ0n) is 5.41. The van der Waals surface area contributed by atoms with Gasteiger partial charge in [-0.15, -0.1) is 0 Å². The lowest BCUT2D eigenvalue weighted by atomic mass is 10.6. The summed E-state index contributed by atoms with van der Waals surface area (Å²) in [4.78, 5) is 25.8. The van der Waals surface area contributed by atoms with Crippen LogP contribution in [0.3, 0.4) is 0 Å². The summed E-state index contributed by atoms with van der Waals surface area (Å²) in [6.45, 7) is -0.475. The molecule has 0 aromatic carbocycles. The first-order valence-electron chi connectivity index (χ1n) is 2.50. The van der Waals surface area contributed by atoms with Crippen LogP contribution in [-0.2, 0) is 18.6 Å². The van der Waals surface area contributed by atoms with E-state index >= 15 is 0 Å². The van der Waals surface area contributed by atoms with Gasteiger partial charge in [-0.25, -0.2) is 4.57 Å². The van der Waals surface area contributed by atoms with Crippen LogP contribution in [0.15, 0.2) is 0 Å². The molecule has 0 amide bonds. The second-order valence-corrected chi connectivity index (χ2v) is 2.80. The van der Waals surface area contributed by atoms with Crippen molar-refractivity contribution in [2.24, 2.45) is 5.73 Å². The molecule has 66 valence electrons. The zero-order valence-corrected chi connectivity index (χ0v) is 6.31. The second-order valence-electron chi connectivity index (χ2n) is 1.56. The Morgan fingerprint density at radius 2 is 2.18 bits per heavy atom. The number of ether oxygens (including phenoxy) is 1. The highest BCUT2D eigenvalue weighted by Gasteiger charge is 2.16. The molecule has 11 heavy (non-hydrogen) atoms. The molecule has 0 aliphatic carbocycles. The van der Waals surface area contributed by atoms with Crippen LogP contribution in [0.4, 0.5) is 0 Å². The first kappa shape index (κ1) is 10.5. The first-order valence-corrected chi connectivity index (χ1v) is 4.03. The maximum atomic E-state index is 10.0. The molecule has 0 aliphatic rings. The molecule has 0 spiro atoms. The summed E-state index contributed by atoms with van der Waals surface area (Å²) in [6, 6.07) is 0. The molecular formula is C3H8NO6P. The van der Waals surface area contributed by atoms with Gasteiger partial charge in [-0.1, -0.05) is 0 Å². The van der Waals surface area contributed by atoms with Crippen molar-refractivity contribution in [3.05, 3.63) is 0 Å². The topological polar surface area (TPSA) is 119 Å². The Morgan fingerprint density at radius 3 is 2.55 bits per heavy atom. The minimum absolute atomic E-state index is 0.0632. The molecule has 1 atom stereocenters. The lowest BCUT2D eigenvalue weighted by molar-refractivity contribution is -0.134.